The molecule has 6 atom stereocenters. The summed E-state index contributed by atoms with van der Waals surface area (Å²) < 4.78 is 59.3. The van der Waals surface area contributed by atoms with Crippen molar-refractivity contribution in [3.8, 4) is 0 Å². The van der Waals surface area contributed by atoms with Crippen LogP contribution in [0, 0.1) is 0 Å². The van der Waals surface area contributed by atoms with Crippen molar-refractivity contribution < 1.29 is 56.2 Å². The molecule has 66 heavy (non-hydrogen) atoms. The van der Waals surface area contributed by atoms with Gasteiger partial charge in [0, 0.05) is 13.0 Å². The average Bonchev–Trinajstić information content (AvgIpc) is 3.29. The summed E-state index contributed by atoms with van der Waals surface area (Å²) in [5, 5.41) is 30.8. The SMILES string of the molecule is CCCCC/C=C\C/C=C\C/C=C\CCCCCCCCCOCC(COC1OC(CO)C(O)C(OS(=O)(=O)O)C1O)OC(=O)CCCCCCCCCCC/C=C\C/C=C\CCCCC. The van der Waals surface area contributed by atoms with E-state index in [9.17, 15) is 33.1 Å². The monoisotopic (exact) mass is 955 g/mol. The Morgan fingerprint density at radius 2 is 1.00 bits per heavy atom. The number of aliphatic hydroxyl groups excluding tert-OH is 3. The number of allylic oxidation sites excluding steroid dienone is 10. The van der Waals surface area contributed by atoms with Gasteiger partial charge in [-0.15, -0.1) is 0 Å². The molecule has 6 unspecified atom stereocenters. The predicted octanol–water partition coefficient (Wildman–Crippen LogP) is 12.1. The lowest BCUT2D eigenvalue weighted by Gasteiger charge is -2.41. The van der Waals surface area contributed by atoms with Crippen LogP contribution in [0.2, 0.25) is 0 Å². The minimum Gasteiger partial charge on any atom is -0.457 e. The third-order valence-corrected chi connectivity index (χ3v) is 12.1. The van der Waals surface area contributed by atoms with E-state index in [4.69, 9.17) is 18.9 Å². The van der Waals surface area contributed by atoms with Gasteiger partial charge in [0.15, 0.2) is 6.29 Å². The van der Waals surface area contributed by atoms with E-state index in [2.05, 4.69) is 78.8 Å². The van der Waals surface area contributed by atoms with E-state index in [1.165, 1.54) is 103 Å². The molecule has 0 aliphatic carbocycles. The van der Waals surface area contributed by atoms with Gasteiger partial charge in [0.2, 0.25) is 0 Å². The topological polar surface area (TPSA) is 178 Å². The van der Waals surface area contributed by atoms with E-state index in [1.807, 2.05) is 0 Å². The zero-order valence-electron chi connectivity index (χ0n) is 41.2. The summed E-state index contributed by atoms with van der Waals surface area (Å²) in [4.78, 5) is 12.9. The summed E-state index contributed by atoms with van der Waals surface area (Å²) in [6.45, 7) is 3.92. The Bertz CT molecular complexity index is 1380. The van der Waals surface area contributed by atoms with Crippen molar-refractivity contribution in [2.24, 2.45) is 0 Å². The molecule has 0 amide bonds. The number of unbranched alkanes of at least 4 members (excludes halogenated alkanes) is 22. The second-order valence-electron chi connectivity index (χ2n) is 17.8. The van der Waals surface area contributed by atoms with Crippen LogP contribution in [0.4, 0.5) is 0 Å². The first-order valence-corrected chi connectivity index (χ1v) is 27.4. The van der Waals surface area contributed by atoms with Gasteiger partial charge in [0.25, 0.3) is 0 Å². The molecule has 1 saturated heterocycles. The van der Waals surface area contributed by atoms with Crippen molar-refractivity contribution in [2.45, 2.75) is 243 Å². The summed E-state index contributed by atoms with van der Waals surface area (Å²) in [6, 6.07) is 0. The van der Waals surface area contributed by atoms with E-state index < -0.39 is 59.8 Å². The quantitative estimate of drug-likeness (QED) is 0.0197. The first-order chi connectivity index (χ1) is 32.1. The average molecular weight is 955 g/mol. The highest BCUT2D eigenvalue weighted by Crippen LogP contribution is 2.26. The molecule has 0 bridgehead atoms. The smallest absolute Gasteiger partial charge is 0.397 e. The van der Waals surface area contributed by atoms with Crippen molar-refractivity contribution in [3.05, 3.63) is 60.8 Å². The molecule has 384 valence electrons. The summed E-state index contributed by atoms with van der Waals surface area (Å²) >= 11 is 0. The molecule has 0 aromatic heterocycles. The Morgan fingerprint density at radius 1 is 0.576 bits per heavy atom. The molecule has 1 heterocycles. The largest absolute Gasteiger partial charge is 0.457 e. The van der Waals surface area contributed by atoms with Crippen molar-refractivity contribution in [1.82, 2.24) is 0 Å². The number of carbonyl (C=O) groups excluding carboxylic acids is 1. The van der Waals surface area contributed by atoms with Gasteiger partial charge in [0.05, 0.1) is 19.8 Å². The summed E-state index contributed by atoms with van der Waals surface area (Å²) in [5.74, 6) is -0.408. The molecule has 0 saturated carbocycles. The number of hydrogen-bond acceptors (Lipinski definition) is 11. The minimum absolute atomic E-state index is 0.0257. The Hall–Kier alpha value is -2.20. The van der Waals surface area contributed by atoms with E-state index in [1.54, 1.807) is 0 Å². The van der Waals surface area contributed by atoms with Crippen LogP contribution in [-0.2, 0) is 38.3 Å². The number of ether oxygens (including phenoxy) is 4. The molecule has 1 aliphatic heterocycles. The lowest BCUT2D eigenvalue weighted by molar-refractivity contribution is -0.301. The minimum atomic E-state index is -5.07. The van der Waals surface area contributed by atoms with E-state index in [0.29, 0.717) is 13.0 Å². The maximum absolute atomic E-state index is 12.9. The molecule has 0 aromatic carbocycles. The molecule has 4 N–H and O–H groups in total. The molecule has 13 heteroatoms. The zero-order chi connectivity index (χ0) is 48.2. The Morgan fingerprint density at radius 3 is 1.45 bits per heavy atom. The van der Waals surface area contributed by atoms with Crippen molar-refractivity contribution in [3.63, 3.8) is 0 Å². The Labute approximate surface area is 401 Å². The molecular formula is C53H94O12S. The number of aliphatic hydroxyl groups is 3. The normalized spacial score (nSPS) is 20.0. The summed E-state index contributed by atoms with van der Waals surface area (Å²) in [6.07, 6.45) is 46.7. The molecule has 12 nitrogen and oxygen atoms in total. The van der Waals surface area contributed by atoms with Gasteiger partial charge in [-0.25, -0.2) is 4.18 Å². The summed E-state index contributed by atoms with van der Waals surface area (Å²) in [5.41, 5.74) is 0. The van der Waals surface area contributed by atoms with Crippen LogP contribution < -0.4 is 0 Å². The lowest BCUT2D eigenvalue weighted by Crippen LogP contribution is -2.60. The molecule has 0 aromatic rings. The van der Waals surface area contributed by atoms with Gasteiger partial charge in [0.1, 0.15) is 30.5 Å². The maximum atomic E-state index is 12.9. The van der Waals surface area contributed by atoms with Gasteiger partial charge in [-0.1, -0.05) is 177 Å². The van der Waals surface area contributed by atoms with Crippen LogP contribution in [0.15, 0.2) is 60.8 Å². The first kappa shape index (κ1) is 61.8. The third kappa shape index (κ3) is 36.8. The number of hydrogen-bond donors (Lipinski definition) is 4. The number of carbonyl (C=O) groups is 1. The predicted molar refractivity (Wildman–Crippen MR) is 266 cm³/mol. The van der Waals surface area contributed by atoms with Gasteiger partial charge in [-0.3, -0.25) is 9.35 Å². The van der Waals surface area contributed by atoms with Crippen LogP contribution in [-0.4, -0.2) is 97.5 Å². The molecule has 1 rings (SSSR count). The van der Waals surface area contributed by atoms with Crippen LogP contribution in [0.25, 0.3) is 0 Å². The maximum Gasteiger partial charge on any atom is 0.397 e. The summed E-state index contributed by atoms with van der Waals surface area (Å²) in [7, 11) is -5.07. The number of rotatable bonds is 45. The van der Waals surface area contributed by atoms with Gasteiger partial charge < -0.3 is 34.3 Å². The fourth-order valence-electron chi connectivity index (χ4n) is 7.65. The molecular weight excluding hydrogens is 861 g/mol. The highest BCUT2D eigenvalue weighted by molar-refractivity contribution is 7.80. The molecule has 1 aliphatic rings. The van der Waals surface area contributed by atoms with Gasteiger partial charge in [-0.2, -0.15) is 8.42 Å². The van der Waals surface area contributed by atoms with E-state index >= 15 is 0 Å². The van der Waals surface area contributed by atoms with E-state index in [-0.39, 0.29) is 19.6 Å². The molecule has 1 fully saturated rings. The highest BCUT2D eigenvalue weighted by Gasteiger charge is 2.48. The van der Waals surface area contributed by atoms with Crippen LogP contribution in [0.5, 0.6) is 0 Å². The van der Waals surface area contributed by atoms with Crippen molar-refractivity contribution in [2.75, 3.05) is 26.4 Å². The second-order valence-corrected chi connectivity index (χ2v) is 18.8. The van der Waals surface area contributed by atoms with Crippen LogP contribution in [0.1, 0.15) is 206 Å². The fourth-order valence-corrected chi connectivity index (χ4v) is 8.16. The fraction of sp³-hybridized carbons (Fsp3) is 0.792. The standard InChI is InChI=1S/C53H94O12S/c1-3-5-7-9-11-13-15-17-19-21-23-25-27-29-31-33-35-37-39-41-43-61-45-47(46-62-53-51(57)52(65-66(58,59)60)50(56)48(44-54)64-53)63-49(55)42-40-38-36-34-32-30-28-26-24-22-20-18-16-14-12-10-8-6-4-2/h11-14,17-20,23,25,47-48,50-54,56-57H,3-10,15-16,21-22,24,26-46H2,1-2H3,(H,58,59,60)/b13-11-,14-12-,19-17-,20-18-,25-23-. The van der Waals surface area contributed by atoms with Crippen LogP contribution in [0.3, 0.4) is 0 Å². The van der Waals surface area contributed by atoms with Crippen LogP contribution >= 0.6 is 0 Å². The second kappa shape index (κ2) is 44.0. The third-order valence-electron chi connectivity index (χ3n) is 11.6. The zero-order valence-corrected chi connectivity index (χ0v) is 42.1. The van der Waals surface area contributed by atoms with Crippen molar-refractivity contribution >= 4 is 16.4 Å². The molecule has 0 spiro atoms. The number of esters is 1. The van der Waals surface area contributed by atoms with Gasteiger partial charge >= 0.3 is 16.4 Å². The highest BCUT2D eigenvalue weighted by atomic mass is 32.3. The first-order valence-electron chi connectivity index (χ1n) is 26.0. The Balaban J connectivity index is 2.37. The Kier molecular flexibility index (Phi) is 41.2. The molecule has 0 radical (unpaired) electrons. The lowest BCUT2D eigenvalue weighted by atomic mass is 9.99. The van der Waals surface area contributed by atoms with E-state index in [0.717, 1.165) is 77.0 Å². The van der Waals surface area contributed by atoms with Gasteiger partial charge in [-0.05, 0) is 83.5 Å². The van der Waals surface area contributed by atoms with Crippen molar-refractivity contribution in [1.29, 1.82) is 0 Å².